The number of morpholine rings is 1. The van der Waals surface area contributed by atoms with Crippen LogP contribution in [0.5, 0.6) is 0 Å². The number of thiophene rings is 1. The van der Waals surface area contributed by atoms with Gasteiger partial charge in [-0.05, 0) is 60.0 Å². The number of anilines is 2. The van der Waals surface area contributed by atoms with Gasteiger partial charge in [0, 0.05) is 35.9 Å². The van der Waals surface area contributed by atoms with Gasteiger partial charge < -0.3 is 19.9 Å². The van der Waals surface area contributed by atoms with E-state index in [9.17, 15) is 4.79 Å². The van der Waals surface area contributed by atoms with Gasteiger partial charge in [-0.2, -0.15) is 0 Å². The Bertz CT molecular complexity index is 802. The number of carbonyl (C=O) groups excluding carboxylic acids is 1. The molecule has 2 amide bonds. The molecule has 1 saturated heterocycles. The molecule has 2 aliphatic rings. The second-order valence-electron chi connectivity index (χ2n) is 8.07. The summed E-state index contributed by atoms with van der Waals surface area (Å²) < 4.78 is 5.59. The largest absolute Gasteiger partial charge is 0.377 e. The van der Waals surface area contributed by atoms with Gasteiger partial charge in [-0.3, -0.25) is 0 Å². The molecule has 28 heavy (non-hydrogen) atoms. The molecule has 1 aromatic carbocycles. The maximum absolute atomic E-state index is 12.8. The van der Waals surface area contributed by atoms with E-state index in [0.717, 1.165) is 31.6 Å². The van der Waals surface area contributed by atoms with Gasteiger partial charge in [0.2, 0.25) is 0 Å². The molecule has 2 aliphatic heterocycles. The van der Waals surface area contributed by atoms with Crippen molar-refractivity contribution in [3.05, 3.63) is 46.2 Å². The van der Waals surface area contributed by atoms with E-state index in [-0.39, 0.29) is 12.1 Å². The van der Waals surface area contributed by atoms with E-state index in [0.29, 0.717) is 25.7 Å². The number of benzene rings is 1. The Hall–Kier alpha value is -2.05. The summed E-state index contributed by atoms with van der Waals surface area (Å²) in [6, 6.07) is 10.6. The first-order valence-corrected chi connectivity index (χ1v) is 11.0. The highest BCUT2D eigenvalue weighted by Crippen LogP contribution is 2.28. The minimum absolute atomic E-state index is 0.0254. The molecule has 1 atom stereocenters. The summed E-state index contributed by atoms with van der Waals surface area (Å²) in [5, 5.41) is 5.26. The predicted octanol–water partition coefficient (Wildman–Crippen LogP) is 4.59. The normalized spacial score (nSPS) is 19.6. The van der Waals surface area contributed by atoms with E-state index in [2.05, 4.69) is 47.6 Å². The van der Waals surface area contributed by atoms with Gasteiger partial charge in [0.25, 0.3) is 0 Å². The van der Waals surface area contributed by atoms with E-state index in [1.165, 1.54) is 16.1 Å². The first-order chi connectivity index (χ1) is 13.6. The van der Waals surface area contributed by atoms with Gasteiger partial charge in [-0.15, -0.1) is 11.3 Å². The first kappa shape index (κ1) is 19.3. The van der Waals surface area contributed by atoms with E-state index < -0.39 is 0 Å². The molecular weight excluding hydrogens is 370 g/mol. The summed E-state index contributed by atoms with van der Waals surface area (Å²) in [7, 11) is 0. The third-order valence-electron chi connectivity index (χ3n) is 5.52. The van der Waals surface area contributed by atoms with Gasteiger partial charge in [0.1, 0.15) is 0 Å². The molecule has 1 aromatic heterocycles. The van der Waals surface area contributed by atoms with Crippen molar-refractivity contribution in [1.29, 1.82) is 0 Å². The number of urea groups is 1. The molecule has 5 nitrogen and oxygen atoms in total. The molecule has 6 heteroatoms. The van der Waals surface area contributed by atoms with Crippen molar-refractivity contribution in [2.75, 3.05) is 36.5 Å². The Morgan fingerprint density at radius 2 is 2.07 bits per heavy atom. The summed E-state index contributed by atoms with van der Waals surface area (Å²) >= 11 is 1.86. The summed E-state index contributed by atoms with van der Waals surface area (Å²) in [4.78, 5) is 18.7. The average molecular weight is 400 g/mol. The van der Waals surface area contributed by atoms with Gasteiger partial charge in [-0.1, -0.05) is 13.8 Å². The Labute approximate surface area is 171 Å². The highest BCUT2D eigenvalue weighted by atomic mass is 32.1. The van der Waals surface area contributed by atoms with E-state index in [1.54, 1.807) is 0 Å². The fraction of sp³-hybridized carbons (Fsp3) is 0.500. The topological polar surface area (TPSA) is 44.8 Å². The molecule has 4 rings (SSSR count). The highest BCUT2D eigenvalue weighted by molar-refractivity contribution is 7.10. The van der Waals surface area contributed by atoms with Crippen molar-refractivity contribution >= 4 is 28.7 Å². The fourth-order valence-corrected chi connectivity index (χ4v) is 4.97. The monoisotopic (exact) mass is 399 g/mol. The predicted molar refractivity (Wildman–Crippen MR) is 115 cm³/mol. The Balaban J connectivity index is 1.38. The zero-order valence-corrected chi connectivity index (χ0v) is 17.5. The number of fused-ring (bicyclic) bond motifs is 1. The molecule has 0 aliphatic carbocycles. The summed E-state index contributed by atoms with van der Waals surface area (Å²) in [6.07, 6.45) is 2.08. The van der Waals surface area contributed by atoms with Crippen LogP contribution in [-0.4, -0.2) is 43.3 Å². The second-order valence-corrected chi connectivity index (χ2v) is 9.07. The number of rotatable bonds is 4. The molecule has 0 spiro atoms. The van der Waals surface area contributed by atoms with Gasteiger partial charge in [0.15, 0.2) is 0 Å². The van der Waals surface area contributed by atoms with Gasteiger partial charge in [0.05, 0.1) is 19.3 Å². The van der Waals surface area contributed by atoms with Crippen LogP contribution in [0.2, 0.25) is 0 Å². The van der Waals surface area contributed by atoms with Crippen LogP contribution in [0.3, 0.4) is 0 Å². The standard InChI is InChI=1S/C22H29N3O2S/c1-16(2)13-20-15-27-11-10-25(20)22(26)23-18-3-5-19(6-4-18)24-9-7-21-17(14-24)8-12-28-21/h3-6,8,12,16,20H,7,9-11,13-15H2,1-2H3,(H,23,26). The highest BCUT2D eigenvalue weighted by Gasteiger charge is 2.28. The molecule has 1 fully saturated rings. The smallest absolute Gasteiger partial charge is 0.322 e. The number of ether oxygens (including phenoxy) is 1. The lowest BCUT2D eigenvalue weighted by molar-refractivity contribution is 0.00857. The van der Waals surface area contributed by atoms with E-state index in [4.69, 9.17) is 4.74 Å². The molecule has 0 bridgehead atoms. The average Bonchev–Trinajstić information content (AvgIpc) is 3.16. The lowest BCUT2D eigenvalue weighted by Gasteiger charge is -2.36. The first-order valence-electron chi connectivity index (χ1n) is 10.2. The van der Waals surface area contributed by atoms with E-state index in [1.807, 2.05) is 28.4 Å². The molecule has 0 saturated carbocycles. The molecule has 1 N–H and O–H groups in total. The summed E-state index contributed by atoms with van der Waals surface area (Å²) in [6.45, 7) is 8.27. The van der Waals surface area contributed by atoms with Gasteiger partial charge >= 0.3 is 6.03 Å². The Morgan fingerprint density at radius 3 is 2.86 bits per heavy atom. The number of hydrogen-bond donors (Lipinski definition) is 1. The van der Waals surface area contributed by atoms with Crippen molar-refractivity contribution in [3.8, 4) is 0 Å². The zero-order valence-electron chi connectivity index (χ0n) is 16.7. The van der Waals surface area contributed by atoms with Crippen LogP contribution < -0.4 is 10.2 Å². The maximum atomic E-state index is 12.8. The molecule has 2 aromatic rings. The van der Waals surface area contributed by atoms with Crippen molar-refractivity contribution in [2.24, 2.45) is 5.92 Å². The van der Waals surface area contributed by atoms with Crippen LogP contribution in [0.15, 0.2) is 35.7 Å². The third kappa shape index (κ3) is 4.33. The van der Waals surface area contributed by atoms with Crippen LogP contribution in [0.1, 0.15) is 30.7 Å². The van der Waals surface area contributed by atoms with Crippen molar-refractivity contribution in [2.45, 2.75) is 39.3 Å². The SMILES string of the molecule is CC(C)CC1COCCN1C(=O)Nc1ccc(N2CCc3sccc3C2)cc1. The number of nitrogens with zero attached hydrogens (tertiary/aromatic N) is 2. The quantitative estimate of drug-likeness (QED) is 0.818. The Morgan fingerprint density at radius 1 is 1.25 bits per heavy atom. The number of nitrogens with one attached hydrogen (secondary N) is 1. The van der Waals surface area contributed by atoms with Crippen LogP contribution in [0, 0.1) is 5.92 Å². The second kappa shape index (κ2) is 8.53. The Kier molecular flexibility index (Phi) is 5.87. The molecule has 3 heterocycles. The molecule has 1 unspecified atom stereocenters. The van der Waals surface area contributed by atoms with Gasteiger partial charge in [-0.25, -0.2) is 4.79 Å². The van der Waals surface area contributed by atoms with Crippen LogP contribution in [-0.2, 0) is 17.7 Å². The molecular formula is C22H29N3O2S. The van der Waals surface area contributed by atoms with Crippen molar-refractivity contribution < 1.29 is 9.53 Å². The lowest BCUT2D eigenvalue weighted by atomic mass is 10.0. The van der Waals surface area contributed by atoms with Crippen LogP contribution in [0.4, 0.5) is 16.2 Å². The zero-order chi connectivity index (χ0) is 19.5. The maximum Gasteiger partial charge on any atom is 0.322 e. The number of amides is 2. The lowest BCUT2D eigenvalue weighted by Crippen LogP contribution is -2.50. The molecule has 150 valence electrons. The number of hydrogen-bond acceptors (Lipinski definition) is 4. The minimum atomic E-state index is -0.0254. The molecule has 0 radical (unpaired) electrons. The summed E-state index contributed by atoms with van der Waals surface area (Å²) in [5.41, 5.74) is 3.49. The fourth-order valence-electron chi connectivity index (χ4n) is 4.08. The van der Waals surface area contributed by atoms with Crippen molar-refractivity contribution in [1.82, 2.24) is 4.90 Å². The minimum Gasteiger partial charge on any atom is -0.377 e. The van der Waals surface area contributed by atoms with Crippen molar-refractivity contribution in [3.63, 3.8) is 0 Å². The third-order valence-corrected chi connectivity index (χ3v) is 6.55. The number of carbonyl (C=O) groups is 1. The van der Waals surface area contributed by atoms with Crippen LogP contribution in [0.25, 0.3) is 0 Å². The van der Waals surface area contributed by atoms with Crippen LogP contribution >= 0.6 is 11.3 Å². The summed E-state index contributed by atoms with van der Waals surface area (Å²) in [5.74, 6) is 0.537. The van der Waals surface area contributed by atoms with E-state index >= 15 is 0 Å².